The van der Waals surface area contributed by atoms with Gasteiger partial charge in [-0.1, -0.05) is 30.3 Å². The summed E-state index contributed by atoms with van der Waals surface area (Å²) in [7, 11) is 4.10. The van der Waals surface area contributed by atoms with Gasteiger partial charge in [-0.2, -0.15) is 0 Å². The van der Waals surface area contributed by atoms with Gasteiger partial charge < -0.3 is 29.0 Å². The molecule has 36 heavy (non-hydrogen) atoms. The summed E-state index contributed by atoms with van der Waals surface area (Å²) in [6.45, 7) is 0.407. The molecule has 0 aliphatic heterocycles. The van der Waals surface area contributed by atoms with Crippen molar-refractivity contribution < 1.29 is 24.1 Å². The van der Waals surface area contributed by atoms with Crippen molar-refractivity contribution in [2.45, 2.75) is 17.1 Å². The Balaban J connectivity index is 1.55. The molecular weight excluding hydrogens is 480 g/mol. The van der Waals surface area contributed by atoms with Crippen molar-refractivity contribution in [1.82, 2.24) is 9.97 Å². The maximum absolute atomic E-state index is 13.0. The Bertz CT molecular complexity index is 1350. The van der Waals surface area contributed by atoms with Gasteiger partial charge in [-0.15, -0.1) is 0 Å². The van der Waals surface area contributed by atoms with Crippen molar-refractivity contribution in [3.05, 3.63) is 76.7 Å². The predicted molar refractivity (Wildman–Crippen MR) is 141 cm³/mol. The molecule has 0 radical (unpaired) electrons. The molecule has 4 aromatic rings. The predicted octanol–water partition coefficient (Wildman–Crippen LogP) is 4.30. The van der Waals surface area contributed by atoms with Gasteiger partial charge in [0.25, 0.3) is 4.90 Å². The molecule has 1 unspecified atom stereocenters. The van der Waals surface area contributed by atoms with Crippen LogP contribution in [0.2, 0.25) is 0 Å². The first-order chi connectivity index (χ1) is 17.5. The number of methoxy groups -OCH3 is 3. The second-order valence-corrected chi connectivity index (χ2v) is 10.0. The second-order valence-electron chi connectivity index (χ2n) is 7.92. The molecule has 9 heteroatoms. The molecule has 1 atom stereocenters. The standard InChI is InChI=1S/C27H28N2O6S/c1-32-21-15-19(16-22(33-2)24(21)34-3)35-13-8-14-36(17-18-9-5-4-6-10-18)25-23(30)20-11-7-12-28-26(20)29-27(25)31/h4-7,9-12,15-16H,8,13-14,17H2,1-3H3,(H-,28,29,30,31)/p+1. The first kappa shape index (κ1) is 25.2. The van der Waals surface area contributed by atoms with Crippen LogP contribution in [0.25, 0.3) is 11.0 Å². The number of H-pyrrole nitrogens is 1. The Morgan fingerprint density at radius 3 is 2.36 bits per heavy atom. The van der Waals surface area contributed by atoms with Gasteiger partial charge in [0.05, 0.1) is 33.3 Å². The second kappa shape index (κ2) is 11.7. The van der Waals surface area contributed by atoms with E-state index in [1.165, 1.54) is 0 Å². The average molecular weight is 510 g/mol. The Kier molecular flexibility index (Phi) is 8.22. The Morgan fingerprint density at radius 2 is 1.69 bits per heavy atom. The summed E-state index contributed by atoms with van der Waals surface area (Å²) in [6, 6.07) is 17.0. The van der Waals surface area contributed by atoms with E-state index in [1.54, 1.807) is 51.8 Å². The zero-order chi connectivity index (χ0) is 25.5. The van der Waals surface area contributed by atoms with E-state index in [1.807, 2.05) is 30.3 Å². The third-order valence-electron chi connectivity index (χ3n) is 5.63. The van der Waals surface area contributed by atoms with Crippen LogP contribution >= 0.6 is 0 Å². The average Bonchev–Trinajstić information content (AvgIpc) is 2.90. The fourth-order valence-corrected chi connectivity index (χ4v) is 6.19. The van der Waals surface area contributed by atoms with Gasteiger partial charge in [0.15, 0.2) is 17.2 Å². The van der Waals surface area contributed by atoms with E-state index in [9.17, 15) is 9.90 Å². The van der Waals surface area contributed by atoms with Gasteiger partial charge in [-0.3, -0.25) is 4.79 Å². The van der Waals surface area contributed by atoms with Gasteiger partial charge >= 0.3 is 5.56 Å². The molecule has 2 aromatic carbocycles. The Morgan fingerprint density at radius 1 is 0.972 bits per heavy atom. The van der Waals surface area contributed by atoms with Crippen molar-refractivity contribution in [2.75, 3.05) is 33.7 Å². The SMILES string of the molecule is COc1cc(OCCC[S+](Cc2ccccc2)c2c(O)c3cccnc3[nH]c2=O)cc(OC)c1OC. The summed E-state index contributed by atoms with van der Waals surface area (Å²) >= 11 is 0. The number of hydrogen-bond acceptors (Lipinski definition) is 7. The quantitative estimate of drug-likeness (QED) is 0.230. The summed E-state index contributed by atoms with van der Waals surface area (Å²) in [5, 5.41) is 11.6. The van der Waals surface area contributed by atoms with Crippen LogP contribution in [-0.2, 0) is 16.6 Å². The third kappa shape index (κ3) is 5.52. The maximum Gasteiger partial charge on any atom is 0.308 e. The molecule has 0 amide bonds. The minimum absolute atomic E-state index is 0.00772. The van der Waals surface area contributed by atoms with Crippen molar-refractivity contribution in [1.29, 1.82) is 0 Å². The van der Waals surface area contributed by atoms with Gasteiger partial charge in [-0.25, -0.2) is 4.98 Å². The lowest BCUT2D eigenvalue weighted by atomic mass is 10.2. The van der Waals surface area contributed by atoms with E-state index in [4.69, 9.17) is 18.9 Å². The highest BCUT2D eigenvalue weighted by Crippen LogP contribution is 2.40. The molecule has 0 bridgehead atoms. The first-order valence-electron chi connectivity index (χ1n) is 11.4. The number of hydrogen-bond donors (Lipinski definition) is 2. The third-order valence-corrected chi connectivity index (χ3v) is 8.05. The van der Waals surface area contributed by atoms with Gasteiger partial charge in [0, 0.05) is 41.2 Å². The molecule has 0 saturated carbocycles. The van der Waals surface area contributed by atoms with E-state index in [0.717, 1.165) is 5.56 Å². The highest BCUT2D eigenvalue weighted by molar-refractivity contribution is 7.96. The summed E-state index contributed by atoms with van der Waals surface area (Å²) < 4.78 is 22.1. The fraction of sp³-hybridized carbons (Fsp3) is 0.259. The number of rotatable bonds is 11. The lowest BCUT2D eigenvalue weighted by Crippen LogP contribution is -2.23. The molecule has 2 heterocycles. The highest BCUT2D eigenvalue weighted by Gasteiger charge is 2.31. The summed E-state index contributed by atoms with van der Waals surface area (Å²) in [6.07, 6.45) is 2.25. The minimum Gasteiger partial charge on any atom is -0.503 e. The van der Waals surface area contributed by atoms with Crippen LogP contribution in [0, 0.1) is 0 Å². The molecule has 0 spiro atoms. The van der Waals surface area contributed by atoms with Crippen LogP contribution < -0.4 is 24.5 Å². The Labute approximate surface area is 212 Å². The molecule has 0 aliphatic rings. The molecule has 4 rings (SSSR count). The number of nitrogens with zero attached hydrogens (tertiary/aromatic N) is 1. The highest BCUT2D eigenvalue weighted by atomic mass is 32.2. The first-order valence-corrected chi connectivity index (χ1v) is 13.0. The zero-order valence-corrected chi connectivity index (χ0v) is 21.3. The van der Waals surface area contributed by atoms with E-state index >= 15 is 0 Å². The van der Waals surface area contributed by atoms with Crippen LogP contribution in [0.15, 0.2) is 70.5 Å². The van der Waals surface area contributed by atoms with Gasteiger partial charge in [0.2, 0.25) is 5.75 Å². The topological polar surface area (TPSA) is 103 Å². The van der Waals surface area contributed by atoms with Crippen LogP contribution in [0.1, 0.15) is 12.0 Å². The van der Waals surface area contributed by atoms with E-state index < -0.39 is 10.9 Å². The van der Waals surface area contributed by atoms with Crippen molar-refractivity contribution in [2.24, 2.45) is 0 Å². The zero-order valence-electron chi connectivity index (χ0n) is 20.4. The molecule has 2 aromatic heterocycles. The summed E-state index contributed by atoms with van der Waals surface area (Å²) in [5.74, 6) is 3.39. The number of benzene rings is 2. The monoisotopic (exact) mass is 509 g/mol. The smallest absolute Gasteiger partial charge is 0.308 e. The van der Waals surface area contributed by atoms with E-state index in [-0.39, 0.29) is 11.3 Å². The number of aromatic amines is 1. The Hall–Kier alpha value is -3.85. The lowest BCUT2D eigenvalue weighted by molar-refractivity contribution is 0.299. The fourth-order valence-electron chi connectivity index (χ4n) is 3.94. The number of nitrogens with one attached hydrogen (secondary N) is 1. The largest absolute Gasteiger partial charge is 0.503 e. The molecule has 0 fully saturated rings. The molecule has 2 N–H and O–H groups in total. The molecular formula is C27H29N2O6S+. The molecule has 0 saturated heterocycles. The summed E-state index contributed by atoms with van der Waals surface area (Å²) in [4.78, 5) is 20.4. The number of fused-ring (bicyclic) bond motifs is 1. The maximum atomic E-state index is 13.0. The van der Waals surface area contributed by atoms with Crippen molar-refractivity contribution in [3.63, 3.8) is 0 Å². The van der Waals surface area contributed by atoms with E-state index in [2.05, 4.69) is 9.97 Å². The molecule has 0 aliphatic carbocycles. The van der Waals surface area contributed by atoms with Crippen LogP contribution in [0.4, 0.5) is 0 Å². The summed E-state index contributed by atoms with van der Waals surface area (Å²) in [5.41, 5.74) is 1.15. The van der Waals surface area contributed by atoms with Crippen molar-refractivity contribution in [3.8, 4) is 28.7 Å². The van der Waals surface area contributed by atoms with Crippen LogP contribution in [0.5, 0.6) is 28.7 Å². The molecule has 8 nitrogen and oxygen atoms in total. The lowest BCUT2D eigenvalue weighted by Gasteiger charge is -2.15. The molecule has 188 valence electrons. The van der Waals surface area contributed by atoms with Crippen LogP contribution in [0.3, 0.4) is 0 Å². The van der Waals surface area contributed by atoms with Gasteiger partial charge in [-0.05, 0) is 12.1 Å². The minimum atomic E-state index is -0.564. The number of pyridine rings is 2. The number of aromatic hydroxyl groups is 1. The van der Waals surface area contributed by atoms with E-state index in [0.29, 0.717) is 63.5 Å². The normalized spacial score (nSPS) is 11.8. The number of aromatic nitrogens is 2. The number of ether oxygens (including phenoxy) is 4. The van der Waals surface area contributed by atoms with Crippen molar-refractivity contribution >= 4 is 21.9 Å². The van der Waals surface area contributed by atoms with Crippen LogP contribution in [-0.4, -0.2) is 48.8 Å². The van der Waals surface area contributed by atoms with Gasteiger partial charge in [0.1, 0.15) is 22.9 Å².